The van der Waals surface area contributed by atoms with Gasteiger partial charge in [0.2, 0.25) is 20.0 Å². The molecule has 1 fully saturated rings. The van der Waals surface area contributed by atoms with Crippen LogP contribution in [0.2, 0.25) is 10.0 Å². The van der Waals surface area contributed by atoms with Gasteiger partial charge in [-0.2, -0.15) is 8.61 Å². The van der Waals surface area contributed by atoms with Crippen molar-refractivity contribution in [2.75, 3.05) is 33.3 Å². The highest BCUT2D eigenvalue weighted by molar-refractivity contribution is 7.89. The van der Waals surface area contributed by atoms with Crippen LogP contribution in [0, 0.1) is 0 Å². The quantitative estimate of drug-likeness (QED) is 0.678. The van der Waals surface area contributed by atoms with Crippen LogP contribution in [-0.4, -0.2) is 58.7 Å². The molecule has 1 saturated heterocycles. The highest BCUT2D eigenvalue weighted by atomic mass is 35.5. The summed E-state index contributed by atoms with van der Waals surface area (Å²) in [4.78, 5) is 0.114. The van der Waals surface area contributed by atoms with Gasteiger partial charge in [0.25, 0.3) is 0 Å². The molecule has 7 nitrogen and oxygen atoms in total. The third-order valence-electron chi connectivity index (χ3n) is 4.37. The van der Waals surface area contributed by atoms with Crippen molar-refractivity contribution in [3.8, 4) is 5.75 Å². The van der Waals surface area contributed by atoms with E-state index in [-0.39, 0.29) is 46.0 Å². The van der Waals surface area contributed by atoms with Gasteiger partial charge in [0, 0.05) is 36.2 Å². The molecule has 1 heterocycles. The minimum atomic E-state index is -3.82. The first-order valence-electron chi connectivity index (χ1n) is 8.25. The summed E-state index contributed by atoms with van der Waals surface area (Å²) < 4.78 is 58.7. The Labute approximate surface area is 174 Å². The molecule has 0 unspecified atom stereocenters. The van der Waals surface area contributed by atoms with Gasteiger partial charge in [-0.05, 0) is 42.5 Å². The number of sulfonamides is 2. The number of rotatable bonds is 5. The standard InChI is InChI=1S/C17H18Cl2N2O5S2/c1-26-15-2-4-16(5-3-15)27(22,23)20-6-8-21(9-7-20)28(24,25)17-11-13(18)10-14(19)12-17/h2-5,10-12H,6-9H2,1H3. The van der Waals surface area contributed by atoms with E-state index in [2.05, 4.69) is 0 Å². The Balaban J connectivity index is 1.76. The van der Waals surface area contributed by atoms with Crippen LogP contribution in [0.15, 0.2) is 52.3 Å². The van der Waals surface area contributed by atoms with Crippen LogP contribution in [0.5, 0.6) is 5.75 Å². The fraction of sp³-hybridized carbons (Fsp3) is 0.294. The lowest BCUT2D eigenvalue weighted by Gasteiger charge is -2.33. The van der Waals surface area contributed by atoms with E-state index >= 15 is 0 Å². The smallest absolute Gasteiger partial charge is 0.243 e. The molecule has 1 aliphatic rings. The van der Waals surface area contributed by atoms with Crippen LogP contribution in [0.4, 0.5) is 0 Å². The van der Waals surface area contributed by atoms with E-state index < -0.39 is 20.0 Å². The molecule has 11 heteroatoms. The van der Waals surface area contributed by atoms with E-state index in [4.69, 9.17) is 27.9 Å². The first kappa shape index (κ1) is 21.4. The maximum absolute atomic E-state index is 12.8. The zero-order valence-corrected chi connectivity index (χ0v) is 18.0. The van der Waals surface area contributed by atoms with Gasteiger partial charge < -0.3 is 4.74 Å². The fourth-order valence-corrected chi connectivity index (χ4v) is 6.45. The van der Waals surface area contributed by atoms with Gasteiger partial charge in [-0.25, -0.2) is 16.8 Å². The highest BCUT2D eigenvalue weighted by Crippen LogP contribution is 2.27. The normalized spacial score (nSPS) is 16.8. The number of halogens is 2. The Morgan fingerprint density at radius 3 is 1.61 bits per heavy atom. The van der Waals surface area contributed by atoms with Gasteiger partial charge in [-0.3, -0.25) is 0 Å². The van der Waals surface area contributed by atoms with E-state index in [9.17, 15) is 16.8 Å². The number of benzene rings is 2. The van der Waals surface area contributed by atoms with Crippen molar-refractivity contribution < 1.29 is 21.6 Å². The minimum absolute atomic E-state index is 0.0172. The molecule has 2 aromatic rings. The summed E-state index contributed by atoms with van der Waals surface area (Å²) in [6, 6.07) is 10.2. The number of hydrogen-bond donors (Lipinski definition) is 0. The Morgan fingerprint density at radius 2 is 1.18 bits per heavy atom. The fourth-order valence-electron chi connectivity index (χ4n) is 2.87. The van der Waals surface area contributed by atoms with E-state index in [1.54, 1.807) is 12.1 Å². The minimum Gasteiger partial charge on any atom is -0.497 e. The Hall–Kier alpha value is -1.36. The van der Waals surface area contributed by atoms with Crippen LogP contribution in [0.25, 0.3) is 0 Å². The van der Waals surface area contributed by atoms with Crippen LogP contribution in [0.1, 0.15) is 0 Å². The number of nitrogens with zero attached hydrogens (tertiary/aromatic N) is 2. The zero-order valence-electron chi connectivity index (χ0n) is 14.9. The second kappa shape index (κ2) is 8.17. The molecular formula is C17H18Cl2N2O5S2. The summed E-state index contributed by atoms with van der Waals surface area (Å²) in [6.07, 6.45) is 0. The molecule has 0 radical (unpaired) electrons. The number of methoxy groups -OCH3 is 1. The molecule has 0 N–H and O–H groups in total. The number of ether oxygens (including phenoxy) is 1. The summed E-state index contributed by atoms with van der Waals surface area (Å²) >= 11 is 11.8. The van der Waals surface area contributed by atoms with Crippen LogP contribution >= 0.6 is 23.2 Å². The van der Waals surface area contributed by atoms with E-state index in [0.717, 1.165) is 0 Å². The SMILES string of the molecule is COc1ccc(S(=O)(=O)N2CCN(S(=O)(=O)c3cc(Cl)cc(Cl)c3)CC2)cc1. The van der Waals surface area contributed by atoms with Crippen LogP contribution in [-0.2, 0) is 20.0 Å². The molecule has 3 rings (SSSR count). The van der Waals surface area contributed by atoms with Crippen molar-refractivity contribution in [2.45, 2.75) is 9.79 Å². The first-order chi connectivity index (χ1) is 13.1. The lowest BCUT2D eigenvalue weighted by Crippen LogP contribution is -2.50. The maximum atomic E-state index is 12.8. The summed E-state index contributed by atoms with van der Waals surface area (Å²) in [7, 11) is -6.05. The molecule has 152 valence electrons. The Morgan fingerprint density at radius 1 is 0.750 bits per heavy atom. The lowest BCUT2D eigenvalue weighted by atomic mass is 10.3. The highest BCUT2D eigenvalue weighted by Gasteiger charge is 2.34. The third-order valence-corrected chi connectivity index (χ3v) is 8.59. The van der Waals surface area contributed by atoms with Crippen LogP contribution < -0.4 is 4.74 Å². The molecule has 0 bridgehead atoms. The average molecular weight is 465 g/mol. The van der Waals surface area contributed by atoms with Gasteiger partial charge in [-0.15, -0.1) is 0 Å². The summed E-state index contributed by atoms with van der Waals surface area (Å²) in [6.45, 7) is 0.146. The predicted octanol–water partition coefficient (Wildman–Crippen LogP) is 2.70. The van der Waals surface area contributed by atoms with Crippen molar-refractivity contribution >= 4 is 43.2 Å². The second-order valence-electron chi connectivity index (χ2n) is 6.09. The molecule has 28 heavy (non-hydrogen) atoms. The van der Waals surface area contributed by atoms with E-state index in [1.807, 2.05) is 0 Å². The van der Waals surface area contributed by atoms with Crippen molar-refractivity contribution in [3.63, 3.8) is 0 Å². The van der Waals surface area contributed by atoms with Gasteiger partial charge in [0.15, 0.2) is 0 Å². The molecule has 0 spiro atoms. The van der Waals surface area contributed by atoms with Crippen molar-refractivity contribution in [1.82, 2.24) is 8.61 Å². The van der Waals surface area contributed by atoms with Crippen molar-refractivity contribution in [2.24, 2.45) is 0 Å². The Bertz CT molecular complexity index is 1040. The van der Waals surface area contributed by atoms with Crippen molar-refractivity contribution in [1.29, 1.82) is 0 Å². The summed E-state index contributed by atoms with van der Waals surface area (Å²) in [5.41, 5.74) is 0. The molecule has 2 aromatic carbocycles. The number of piperazine rings is 1. The van der Waals surface area contributed by atoms with Crippen LogP contribution in [0.3, 0.4) is 0 Å². The molecule has 0 saturated carbocycles. The van der Waals surface area contributed by atoms with Gasteiger partial charge >= 0.3 is 0 Å². The largest absolute Gasteiger partial charge is 0.497 e. The molecule has 1 aliphatic heterocycles. The van der Waals surface area contributed by atoms with Gasteiger partial charge in [0.1, 0.15) is 5.75 Å². The Kier molecular flexibility index (Phi) is 6.23. The van der Waals surface area contributed by atoms with E-state index in [1.165, 1.54) is 46.1 Å². The lowest BCUT2D eigenvalue weighted by molar-refractivity contribution is 0.273. The second-order valence-corrected chi connectivity index (χ2v) is 10.8. The molecular weight excluding hydrogens is 447 g/mol. The predicted molar refractivity (Wildman–Crippen MR) is 107 cm³/mol. The maximum Gasteiger partial charge on any atom is 0.243 e. The first-order valence-corrected chi connectivity index (χ1v) is 11.9. The van der Waals surface area contributed by atoms with Crippen molar-refractivity contribution in [3.05, 3.63) is 52.5 Å². The molecule has 0 aliphatic carbocycles. The average Bonchev–Trinajstić information content (AvgIpc) is 2.67. The molecule has 0 atom stereocenters. The third kappa shape index (κ3) is 4.29. The molecule has 0 amide bonds. The summed E-state index contributed by atoms with van der Waals surface area (Å²) in [5.74, 6) is 0.551. The van der Waals surface area contributed by atoms with E-state index in [0.29, 0.717) is 5.75 Å². The monoisotopic (exact) mass is 464 g/mol. The van der Waals surface area contributed by atoms with Gasteiger partial charge in [-0.1, -0.05) is 23.2 Å². The topological polar surface area (TPSA) is 84.0 Å². The molecule has 0 aromatic heterocycles. The van der Waals surface area contributed by atoms with Gasteiger partial charge in [0.05, 0.1) is 16.9 Å². The zero-order chi connectivity index (χ0) is 20.5. The number of hydrogen-bond acceptors (Lipinski definition) is 5. The summed E-state index contributed by atoms with van der Waals surface area (Å²) in [5, 5.41) is 0.429.